The molecule has 0 bridgehead atoms. The second kappa shape index (κ2) is 11.3. The molecule has 6 heteroatoms. The van der Waals surface area contributed by atoms with E-state index in [9.17, 15) is 14.4 Å². The summed E-state index contributed by atoms with van der Waals surface area (Å²) in [5, 5.41) is 12.4. The maximum absolute atomic E-state index is 12.7. The first-order valence-corrected chi connectivity index (χ1v) is 11.3. The Bertz CT molecular complexity index is 1320. The molecule has 1 aliphatic rings. The summed E-state index contributed by atoms with van der Waals surface area (Å²) in [4.78, 5) is 36.3. The molecule has 178 valence electrons. The number of ketones is 2. The number of aldehydes is 1. The minimum Gasteiger partial charge on any atom is -0.301 e. The van der Waals surface area contributed by atoms with Crippen LogP contribution < -0.4 is 0 Å². The van der Waals surface area contributed by atoms with Gasteiger partial charge in [0.1, 0.15) is 12.0 Å². The number of benzene rings is 1. The molecule has 1 aromatic heterocycles. The van der Waals surface area contributed by atoms with Crippen molar-refractivity contribution in [3.8, 4) is 0 Å². The lowest BCUT2D eigenvalue weighted by atomic mass is 9.86. The van der Waals surface area contributed by atoms with Crippen LogP contribution >= 0.6 is 0 Å². The van der Waals surface area contributed by atoms with Crippen LogP contribution in [-0.4, -0.2) is 33.3 Å². The molecule has 3 rings (SSSR count). The lowest BCUT2D eigenvalue weighted by Crippen LogP contribution is -2.17. The summed E-state index contributed by atoms with van der Waals surface area (Å²) in [5.74, 6) is -0.766. The third kappa shape index (κ3) is 6.44. The standard InChI is InChI=1S/C29H29N3O3/c1-5-7-23(12-19(2)13-26(30)29(35)28-20(3)17-32(4)31-28)24-10-11-27(34)25(16-24)15-21-8-6-9-22(14-21)18-33/h5-12,14,16-18,25,30H,2,13,15H2,1,3-4H3/b7-5-,23-12+,30-26?. The molecule has 0 saturated carbocycles. The predicted molar refractivity (Wildman–Crippen MR) is 138 cm³/mol. The van der Waals surface area contributed by atoms with E-state index in [0.717, 1.165) is 28.6 Å². The molecule has 1 aromatic carbocycles. The first-order chi connectivity index (χ1) is 16.7. The van der Waals surface area contributed by atoms with Crippen LogP contribution in [0.2, 0.25) is 0 Å². The third-order valence-electron chi connectivity index (χ3n) is 5.66. The van der Waals surface area contributed by atoms with Gasteiger partial charge in [0.05, 0.1) is 5.71 Å². The molecule has 0 radical (unpaired) electrons. The van der Waals surface area contributed by atoms with Gasteiger partial charge in [-0.2, -0.15) is 5.10 Å². The number of carbonyl (C=O) groups excluding carboxylic acids is 3. The number of Topliss-reactive ketones (excluding diaryl/α,β-unsaturated/α-hetero) is 1. The van der Waals surface area contributed by atoms with E-state index in [2.05, 4.69) is 11.7 Å². The second-order valence-corrected chi connectivity index (χ2v) is 8.61. The molecule has 1 N–H and O–H groups in total. The van der Waals surface area contributed by atoms with Gasteiger partial charge in [0.15, 0.2) is 5.78 Å². The van der Waals surface area contributed by atoms with E-state index in [-0.39, 0.29) is 29.5 Å². The highest BCUT2D eigenvalue weighted by molar-refractivity contribution is 6.45. The fourth-order valence-electron chi connectivity index (χ4n) is 4.01. The summed E-state index contributed by atoms with van der Waals surface area (Å²) in [6.07, 6.45) is 14.0. The molecule has 1 aliphatic carbocycles. The van der Waals surface area contributed by atoms with Crippen molar-refractivity contribution in [3.05, 3.63) is 113 Å². The van der Waals surface area contributed by atoms with Gasteiger partial charge in [0.2, 0.25) is 5.78 Å². The molecule has 6 nitrogen and oxygen atoms in total. The average Bonchev–Trinajstić information content (AvgIpc) is 3.17. The zero-order valence-corrected chi connectivity index (χ0v) is 20.2. The Hall–Kier alpha value is -4.19. The van der Waals surface area contributed by atoms with Gasteiger partial charge in [-0.3, -0.25) is 19.1 Å². The van der Waals surface area contributed by atoms with Gasteiger partial charge in [0, 0.05) is 31.1 Å². The Balaban J connectivity index is 1.79. The Morgan fingerprint density at radius 1 is 1.29 bits per heavy atom. The maximum atomic E-state index is 12.7. The molecule has 35 heavy (non-hydrogen) atoms. The first-order valence-electron chi connectivity index (χ1n) is 11.3. The second-order valence-electron chi connectivity index (χ2n) is 8.61. The van der Waals surface area contributed by atoms with Crippen molar-refractivity contribution in [2.75, 3.05) is 0 Å². The average molecular weight is 468 g/mol. The van der Waals surface area contributed by atoms with Crippen LogP contribution in [0.3, 0.4) is 0 Å². The smallest absolute Gasteiger partial charge is 0.227 e. The maximum Gasteiger partial charge on any atom is 0.227 e. The highest BCUT2D eigenvalue weighted by Gasteiger charge is 2.21. The number of rotatable bonds is 10. The van der Waals surface area contributed by atoms with Crippen molar-refractivity contribution in [2.45, 2.75) is 26.7 Å². The van der Waals surface area contributed by atoms with Crippen LogP contribution in [-0.2, 0) is 18.3 Å². The number of carbonyl (C=O) groups is 3. The van der Waals surface area contributed by atoms with Crippen LogP contribution in [0.5, 0.6) is 0 Å². The van der Waals surface area contributed by atoms with Gasteiger partial charge in [0.25, 0.3) is 0 Å². The molecule has 0 fully saturated rings. The van der Waals surface area contributed by atoms with Gasteiger partial charge in [-0.05, 0) is 60.3 Å². The van der Waals surface area contributed by atoms with E-state index in [1.807, 2.05) is 43.4 Å². The first kappa shape index (κ1) is 25.4. The molecule has 2 aromatic rings. The van der Waals surface area contributed by atoms with Crippen LogP contribution in [0, 0.1) is 18.3 Å². The fraction of sp³-hybridized carbons (Fsp3) is 0.207. The van der Waals surface area contributed by atoms with Crippen molar-refractivity contribution >= 4 is 23.6 Å². The van der Waals surface area contributed by atoms with Crippen LogP contribution in [0.4, 0.5) is 0 Å². The molecular weight excluding hydrogens is 438 g/mol. The van der Waals surface area contributed by atoms with Gasteiger partial charge in [-0.1, -0.05) is 55.2 Å². The quantitative estimate of drug-likeness (QED) is 0.227. The molecule has 0 spiro atoms. The molecule has 1 unspecified atom stereocenters. The van der Waals surface area contributed by atoms with Crippen molar-refractivity contribution in [2.24, 2.45) is 13.0 Å². The highest BCUT2D eigenvalue weighted by atomic mass is 16.1. The number of hydrogen-bond acceptors (Lipinski definition) is 5. The Labute approximate surface area is 205 Å². The fourth-order valence-corrected chi connectivity index (χ4v) is 4.01. The van der Waals surface area contributed by atoms with E-state index in [0.29, 0.717) is 17.6 Å². The Morgan fingerprint density at radius 2 is 2.06 bits per heavy atom. The van der Waals surface area contributed by atoms with Crippen molar-refractivity contribution in [1.82, 2.24) is 9.78 Å². The monoisotopic (exact) mass is 467 g/mol. The largest absolute Gasteiger partial charge is 0.301 e. The van der Waals surface area contributed by atoms with Gasteiger partial charge >= 0.3 is 0 Å². The molecular formula is C29H29N3O3. The lowest BCUT2D eigenvalue weighted by molar-refractivity contribution is -0.117. The number of aryl methyl sites for hydroxylation is 2. The minimum absolute atomic E-state index is 0.00187. The molecule has 1 heterocycles. The van der Waals surface area contributed by atoms with Gasteiger partial charge in [-0.25, -0.2) is 0 Å². The zero-order valence-electron chi connectivity index (χ0n) is 20.2. The van der Waals surface area contributed by atoms with Crippen molar-refractivity contribution in [3.63, 3.8) is 0 Å². The number of allylic oxidation sites excluding steroid dienone is 9. The highest BCUT2D eigenvalue weighted by Crippen LogP contribution is 2.26. The van der Waals surface area contributed by atoms with E-state index in [1.54, 1.807) is 49.1 Å². The van der Waals surface area contributed by atoms with E-state index in [1.165, 1.54) is 0 Å². The van der Waals surface area contributed by atoms with E-state index in [4.69, 9.17) is 5.41 Å². The van der Waals surface area contributed by atoms with Crippen LogP contribution in [0.25, 0.3) is 0 Å². The van der Waals surface area contributed by atoms with Gasteiger partial charge in [-0.15, -0.1) is 0 Å². The number of aromatic nitrogens is 2. The normalized spacial score (nSPS) is 15.9. The summed E-state index contributed by atoms with van der Waals surface area (Å²) in [5.41, 5.74) is 4.72. The van der Waals surface area contributed by atoms with Crippen molar-refractivity contribution in [1.29, 1.82) is 5.41 Å². The molecule has 0 saturated heterocycles. The Morgan fingerprint density at radius 3 is 2.71 bits per heavy atom. The van der Waals surface area contributed by atoms with E-state index >= 15 is 0 Å². The summed E-state index contributed by atoms with van der Waals surface area (Å²) in [6.45, 7) is 7.74. The predicted octanol–water partition coefficient (Wildman–Crippen LogP) is 5.12. The number of nitrogens with one attached hydrogen (secondary N) is 1. The van der Waals surface area contributed by atoms with Crippen molar-refractivity contribution < 1.29 is 14.4 Å². The molecule has 0 aliphatic heterocycles. The summed E-state index contributed by atoms with van der Waals surface area (Å²) in [6, 6.07) is 7.24. The topological polar surface area (TPSA) is 92.9 Å². The SMILES string of the molecule is C=C(/C=C(\C=C/C)C1=CC(Cc2cccc(C=O)c2)C(=O)C=C1)CC(=N)C(=O)c1nn(C)cc1C. The molecule has 1 atom stereocenters. The summed E-state index contributed by atoms with van der Waals surface area (Å²) in [7, 11) is 1.74. The number of nitrogens with zero attached hydrogens (tertiary/aromatic N) is 2. The van der Waals surface area contributed by atoms with E-state index < -0.39 is 5.78 Å². The Kier molecular flexibility index (Phi) is 8.21. The zero-order chi connectivity index (χ0) is 25.5. The lowest BCUT2D eigenvalue weighted by Gasteiger charge is -2.17. The number of hydrogen-bond donors (Lipinski definition) is 1. The third-order valence-corrected chi connectivity index (χ3v) is 5.66. The molecule has 0 amide bonds. The minimum atomic E-state index is -0.412. The summed E-state index contributed by atoms with van der Waals surface area (Å²) < 4.78 is 1.56. The van der Waals surface area contributed by atoms with Crippen LogP contribution in [0.1, 0.15) is 45.3 Å². The van der Waals surface area contributed by atoms with Gasteiger partial charge < -0.3 is 5.41 Å². The van der Waals surface area contributed by atoms with Crippen LogP contribution in [0.15, 0.2) is 90.2 Å². The summed E-state index contributed by atoms with van der Waals surface area (Å²) >= 11 is 0.